The summed E-state index contributed by atoms with van der Waals surface area (Å²) in [5.74, 6) is 0.283. The topological polar surface area (TPSA) is 12.0 Å². The first-order valence-electron chi connectivity index (χ1n) is 5.21. The van der Waals surface area contributed by atoms with Crippen molar-refractivity contribution < 1.29 is 13.2 Å². The third-order valence-electron chi connectivity index (χ3n) is 2.78. The van der Waals surface area contributed by atoms with E-state index in [4.69, 9.17) is 0 Å². The van der Waals surface area contributed by atoms with E-state index >= 15 is 0 Å². The number of rotatable bonds is 5. The Bertz CT molecular complexity index is 186. The summed E-state index contributed by atoms with van der Waals surface area (Å²) in [5.41, 5.74) is -1.68. The van der Waals surface area contributed by atoms with Crippen LogP contribution >= 0.6 is 0 Å². The average molecular weight is 209 g/mol. The lowest BCUT2D eigenvalue weighted by Gasteiger charge is -2.33. The predicted octanol–water partition coefficient (Wildman–Crippen LogP) is 3.11. The van der Waals surface area contributed by atoms with E-state index in [2.05, 4.69) is 5.32 Å². The fourth-order valence-electron chi connectivity index (χ4n) is 1.59. The molecule has 0 aromatic rings. The Balaban J connectivity index is 2.56. The Morgan fingerprint density at radius 1 is 1.29 bits per heavy atom. The minimum absolute atomic E-state index is 0.233. The van der Waals surface area contributed by atoms with Gasteiger partial charge in [0.05, 0.1) is 0 Å². The molecule has 1 atom stereocenters. The van der Waals surface area contributed by atoms with Crippen LogP contribution in [-0.2, 0) is 0 Å². The second kappa shape index (κ2) is 4.09. The Labute approximate surface area is 83.1 Å². The molecule has 1 rings (SSSR count). The number of nitrogens with one attached hydrogen (secondary N) is 1. The Morgan fingerprint density at radius 2 is 1.86 bits per heavy atom. The molecule has 4 heteroatoms. The lowest BCUT2D eigenvalue weighted by atomic mass is 9.94. The van der Waals surface area contributed by atoms with Gasteiger partial charge in [-0.15, -0.1) is 0 Å². The zero-order valence-corrected chi connectivity index (χ0v) is 8.75. The van der Waals surface area contributed by atoms with Crippen LogP contribution in [0.3, 0.4) is 0 Å². The molecule has 14 heavy (non-hydrogen) atoms. The maximum Gasteiger partial charge on any atom is 0.406 e. The highest BCUT2D eigenvalue weighted by molar-refractivity contribution is 4.95. The molecule has 0 aliphatic heterocycles. The van der Waals surface area contributed by atoms with Crippen LogP contribution in [0.5, 0.6) is 0 Å². The highest BCUT2D eigenvalue weighted by atomic mass is 19.4. The van der Waals surface area contributed by atoms with Gasteiger partial charge in [0.15, 0.2) is 0 Å². The molecule has 0 radical (unpaired) electrons. The maximum absolute atomic E-state index is 12.8. The summed E-state index contributed by atoms with van der Waals surface area (Å²) >= 11 is 0. The molecule has 84 valence electrons. The quantitative estimate of drug-likeness (QED) is 0.733. The van der Waals surface area contributed by atoms with Gasteiger partial charge in [0.2, 0.25) is 0 Å². The van der Waals surface area contributed by atoms with Crippen molar-refractivity contribution in [3.63, 3.8) is 0 Å². The summed E-state index contributed by atoms with van der Waals surface area (Å²) < 4.78 is 38.3. The van der Waals surface area contributed by atoms with Crippen LogP contribution in [0, 0.1) is 5.92 Å². The van der Waals surface area contributed by atoms with Crippen LogP contribution in [-0.4, -0.2) is 18.3 Å². The third kappa shape index (κ3) is 2.87. The lowest BCUT2D eigenvalue weighted by molar-refractivity contribution is -0.194. The first-order chi connectivity index (χ1) is 6.39. The molecule has 1 aliphatic carbocycles. The first kappa shape index (κ1) is 11.8. The van der Waals surface area contributed by atoms with Gasteiger partial charge in [-0.3, -0.25) is 0 Å². The van der Waals surface area contributed by atoms with E-state index in [0.717, 1.165) is 19.3 Å². The highest BCUT2D eigenvalue weighted by Crippen LogP contribution is 2.43. The zero-order chi connectivity index (χ0) is 10.8. The van der Waals surface area contributed by atoms with Crippen molar-refractivity contribution in [3.8, 4) is 0 Å². The maximum atomic E-state index is 12.8. The molecule has 0 heterocycles. The van der Waals surface area contributed by atoms with E-state index in [1.54, 1.807) is 0 Å². The largest absolute Gasteiger partial charge is 0.406 e. The molecule has 1 aliphatic rings. The van der Waals surface area contributed by atoms with Crippen molar-refractivity contribution in [2.24, 2.45) is 5.92 Å². The molecule has 0 bridgehead atoms. The van der Waals surface area contributed by atoms with Crippen LogP contribution in [0.25, 0.3) is 0 Å². The van der Waals surface area contributed by atoms with Gasteiger partial charge in [-0.25, -0.2) is 0 Å². The van der Waals surface area contributed by atoms with Gasteiger partial charge in [-0.2, -0.15) is 13.2 Å². The molecule has 1 saturated carbocycles. The Hall–Kier alpha value is -0.250. The van der Waals surface area contributed by atoms with Crippen LogP contribution in [0.2, 0.25) is 0 Å². The number of alkyl halides is 3. The summed E-state index contributed by atoms with van der Waals surface area (Å²) in [4.78, 5) is 0. The van der Waals surface area contributed by atoms with Gasteiger partial charge < -0.3 is 5.32 Å². The van der Waals surface area contributed by atoms with Crippen LogP contribution in [0.1, 0.15) is 39.5 Å². The average Bonchev–Trinajstić information content (AvgIpc) is 2.82. The normalized spacial score (nSPS) is 22.1. The van der Waals surface area contributed by atoms with Gasteiger partial charge in [0.25, 0.3) is 0 Å². The summed E-state index contributed by atoms with van der Waals surface area (Å²) in [7, 11) is 0. The summed E-state index contributed by atoms with van der Waals surface area (Å²) in [6.45, 7) is 3.59. The molecule has 0 aromatic heterocycles. The van der Waals surface area contributed by atoms with E-state index in [1.165, 1.54) is 6.92 Å². The minimum atomic E-state index is -4.13. The molecular weight excluding hydrogens is 191 g/mol. The molecule has 0 spiro atoms. The van der Waals surface area contributed by atoms with Gasteiger partial charge >= 0.3 is 6.18 Å². The smallest absolute Gasteiger partial charge is 0.304 e. The van der Waals surface area contributed by atoms with Crippen LogP contribution in [0.4, 0.5) is 13.2 Å². The molecule has 0 aromatic carbocycles. The molecule has 0 amide bonds. The monoisotopic (exact) mass is 209 g/mol. The van der Waals surface area contributed by atoms with Crippen molar-refractivity contribution in [1.82, 2.24) is 5.32 Å². The minimum Gasteiger partial charge on any atom is -0.304 e. The third-order valence-corrected chi connectivity index (χ3v) is 2.78. The standard InChI is InChI=1S/C10H18F3N/c1-3-6-14-9(2,10(11,12)13)7-8-4-5-8/h8,14H,3-7H2,1-2H3. The van der Waals surface area contributed by atoms with Crippen molar-refractivity contribution in [1.29, 1.82) is 0 Å². The highest BCUT2D eigenvalue weighted by Gasteiger charge is 2.52. The van der Waals surface area contributed by atoms with E-state index in [9.17, 15) is 13.2 Å². The van der Waals surface area contributed by atoms with Gasteiger partial charge in [-0.1, -0.05) is 19.8 Å². The second-order valence-corrected chi connectivity index (χ2v) is 4.40. The van der Waals surface area contributed by atoms with E-state index in [0.29, 0.717) is 6.54 Å². The van der Waals surface area contributed by atoms with Crippen LogP contribution < -0.4 is 5.32 Å². The Morgan fingerprint density at radius 3 is 2.21 bits per heavy atom. The molecule has 1 nitrogen and oxygen atoms in total. The molecule has 1 fully saturated rings. The summed E-state index contributed by atoms with van der Waals surface area (Å²) in [6.07, 6.45) is -1.25. The van der Waals surface area contributed by atoms with Gasteiger partial charge in [-0.05, 0) is 32.2 Å². The molecule has 1 unspecified atom stereocenters. The summed E-state index contributed by atoms with van der Waals surface area (Å²) in [5, 5.41) is 2.63. The van der Waals surface area contributed by atoms with Crippen LogP contribution in [0.15, 0.2) is 0 Å². The van der Waals surface area contributed by atoms with Crippen molar-refractivity contribution in [3.05, 3.63) is 0 Å². The second-order valence-electron chi connectivity index (χ2n) is 4.40. The van der Waals surface area contributed by atoms with Crippen molar-refractivity contribution >= 4 is 0 Å². The zero-order valence-electron chi connectivity index (χ0n) is 8.75. The molecule has 1 N–H and O–H groups in total. The number of halogens is 3. The predicted molar refractivity (Wildman–Crippen MR) is 50.1 cm³/mol. The molecule has 0 saturated heterocycles. The van der Waals surface area contributed by atoms with Crippen molar-refractivity contribution in [2.45, 2.75) is 51.2 Å². The van der Waals surface area contributed by atoms with Gasteiger partial charge in [0, 0.05) is 0 Å². The number of hydrogen-bond acceptors (Lipinski definition) is 1. The first-order valence-corrected chi connectivity index (χ1v) is 5.21. The summed E-state index contributed by atoms with van der Waals surface area (Å²) in [6, 6.07) is 0. The SMILES string of the molecule is CCCNC(C)(CC1CC1)C(F)(F)F. The molecular formula is C10H18F3N. The Kier molecular flexibility index (Phi) is 3.45. The number of hydrogen-bond donors (Lipinski definition) is 1. The van der Waals surface area contributed by atoms with Crippen molar-refractivity contribution in [2.75, 3.05) is 6.54 Å². The van der Waals surface area contributed by atoms with Gasteiger partial charge in [0.1, 0.15) is 5.54 Å². The van der Waals surface area contributed by atoms with E-state index < -0.39 is 11.7 Å². The fraction of sp³-hybridized carbons (Fsp3) is 1.00. The van der Waals surface area contributed by atoms with E-state index in [-0.39, 0.29) is 12.3 Å². The van der Waals surface area contributed by atoms with E-state index in [1.807, 2.05) is 6.92 Å². The fourth-order valence-corrected chi connectivity index (χ4v) is 1.59. The lowest BCUT2D eigenvalue weighted by Crippen LogP contribution is -2.54.